The topological polar surface area (TPSA) is 71.2 Å². The number of carbonyl (C=O) groups is 1. The average molecular weight is 320 g/mol. The highest BCUT2D eigenvalue weighted by molar-refractivity contribution is 7.16. The number of carbonyl (C=O) groups excluding carboxylic acids is 1. The lowest BCUT2D eigenvalue weighted by Crippen LogP contribution is -2.41. The van der Waals surface area contributed by atoms with E-state index in [2.05, 4.69) is 10.1 Å². The predicted molar refractivity (Wildman–Crippen MR) is 84.7 cm³/mol. The third-order valence-electron chi connectivity index (χ3n) is 4.08. The maximum atomic E-state index is 12.5. The molecule has 3 rings (SSSR count). The number of aliphatic hydroxyl groups is 1. The predicted octanol–water partition coefficient (Wildman–Crippen LogP) is 1.92. The quantitative estimate of drug-likeness (QED) is 0.934. The SMILES string of the molecule is CN(CC1(O)CCCC1)C(=O)c1cnc(-c2cnn(C)c2)s1. The maximum Gasteiger partial charge on any atom is 0.265 e. The molecule has 118 valence electrons. The Morgan fingerprint density at radius 1 is 1.45 bits per heavy atom. The van der Waals surface area contributed by atoms with Crippen LogP contribution in [0.25, 0.3) is 10.6 Å². The average Bonchev–Trinajstić information content (AvgIpc) is 3.18. The zero-order chi connectivity index (χ0) is 15.7. The van der Waals surface area contributed by atoms with Gasteiger partial charge < -0.3 is 10.0 Å². The van der Waals surface area contributed by atoms with Crippen molar-refractivity contribution in [1.82, 2.24) is 19.7 Å². The van der Waals surface area contributed by atoms with Crippen LogP contribution in [0.1, 0.15) is 35.4 Å². The van der Waals surface area contributed by atoms with Crippen molar-refractivity contribution >= 4 is 17.2 Å². The number of hydrogen-bond donors (Lipinski definition) is 1. The molecule has 0 aromatic carbocycles. The molecule has 1 aliphatic carbocycles. The fourth-order valence-electron chi connectivity index (χ4n) is 2.93. The number of aromatic nitrogens is 3. The number of rotatable bonds is 4. The molecule has 6 nitrogen and oxygen atoms in total. The first-order valence-electron chi connectivity index (χ1n) is 7.40. The van der Waals surface area contributed by atoms with Gasteiger partial charge >= 0.3 is 0 Å². The van der Waals surface area contributed by atoms with Crippen LogP contribution >= 0.6 is 11.3 Å². The number of hydrogen-bond acceptors (Lipinski definition) is 5. The summed E-state index contributed by atoms with van der Waals surface area (Å²) in [5, 5.41) is 15.3. The Morgan fingerprint density at radius 2 is 2.18 bits per heavy atom. The van der Waals surface area contributed by atoms with E-state index in [4.69, 9.17) is 0 Å². The van der Waals surface area contributed by atoms with Crippen LogP contribution in [0.5, 0.6) is 0 Å². The second-order valence-electron chi connectivity index (χ2n) is 6.03. The minimum absolute atomic E-state index is 0.0898. The van der Waals surface area contributed by atoms with Gasteiger partial charge in [0.05, 0.1) is 18.0 Å². The molecule has 0 bridgehead atoms. The first-order chi connectivity index (χ1) is 10.5. The van der Waals surface area contributed by atoms with E-state index in [1.165, 1.54) is 11.3 Å². The fraction of sp³-hybridized carbons (Fsp3) is 0.533. The van der Waals surface area contributed by atoms with Crippen LogP contribution in [0.15, 0.2) is 18.6 Å². The molecule has 0 atom stereocenters. The first kappa shape index (κ1) is 15.2. The van der Waals surface area contributed by atoms with Gasteiger partial charge in [-0.25, -0.2) is 4.98 Å². The Hall–Kier alpha value is -1.73. The molecule has 0 spiro atoms. The van der Waals surface area contributed by atoms with Crippen LogP contribution in [0.3, 0.4) is 0 Å². The summed E-state index contributed by atoms with van der Waals surface area (Å²) in [7, 11) is 3.58. The molecule has 1 N–H and O–H groups in total. The zero-order valence-corrected chi connectivity index (χ0v) is 13.6. The number of nitrogens with zero attached hydrogens (tertiary/aromatic N) is 4. The van der Waals surface area contributed by atoms with E-state index in [1.54, 1.807) is 29.0 Å². The molecule has 0 radical (unpaired) electrons. The Labute approximate surface area is 133 Å². The van der Waals surface area contributed by atoms with Crippen LogP contribution in [0, 0.1) is 0 Å². The molecule has 0 unspecified atom stereocenters. The zero-order valence-electron chi connectivity index (χ0n) is 12.8. The smallest absolute Gasteiger partial charge is 0.265 e. The Balaban J connectivity index is 1.71. The number of aryl methyl sites for hydroxylation is 1. The van der Waals surface area contributed by atoms with E-state index < -0.39 is 5.60 Å². The molecule has 22 heavy (non-hydrogen) atoms. The molecule has 1 amide bonds. The van der Waals surface area contributed by atoms with Crippen molar-refractivity contribution in [3.05, 3.63) is 23.5 Å². The number of likely N-dealkylation sites (N-methyl/N-ethyl adjacent to an activating group) is 1. The van der Waals surface area contributed by atoms with Gasteiger partial charge in [-0.2, -0.15) is 5.10 Å². The van der Waals surface area contributed by atoms with Crippen molar-refractivity contribution < 1.29 is 9.90 Å². The van der Waals surface area contributed by atoms with Crippen LogP contribution in [0.4, 0.5) is 0 Å². The summed E-state index contributed by atoms with van der Waals surface area (Å²) in [6.45, 7) is 0.381. The second-order valence-corrected chi connectivity index (χ2v) is 7.06. The molecule has 1 saturated carbocycles. The number of thiazole rings is 1. The van der Waals surface area contributed by atoms with Gasteiger partial charge in [-0.15, -0.1) is 11.3 Å². The Morgan fingerprint density at radius 3 is 2.82 bits per heavy atom. The maximum absolute atomic E-state index is 12.5. The van der Waals surface area contributed by atoms with Gasteiger partial charge in [-0.1, -0.05) is 12.8 Å². The van der Waals surface area contributed by atoms with Crippen molar-refractivity contribution in [3.63, 3.8) is 0 Å². The monoisotopic (exact) mass is 320 g/mol. The fourth-order valence-corrected chi connectivity index (χ4v) is 3.82. The molecule has 2 heterocycles. The summed E-state index contributed by atoms with van der Waals surface area (Å²) in [4.78, 5) is 19.0. The van der Waals surface area contributed by atoms with Crippen LogP contribution < -0.4 is 0 Å². The lowest BCUT2D eigenvalue weighted by molar-refractivity contribution is 0.0158. The van der Waals surface area contributed by atoms with Crippen LogP contribution in [-0.4, -0.2) is 49.9 Å². The van der Waals surface area contributed by atoms with E-state index in [0.717, 1.165) is 36.3 Å². The molecular weight excluding hydrogens is 300 g/mol. The minimum Gasteiger partial charge on any atom is -0.388 e. The first-order valence-corrected chi connectivity index (χ1v) is 8.21. The van der Waals surface area contributed by atoms with Crippen LogP contribution in [0.2, 0.25) is 0 Å². The Bertz CT molecular complexity index is 673. The Kier molecular flexibility index (Phi) is 4.01. The summed E-state index contributed by atoms with van der Waals surface area (Å²) in [6.07, 6.45) is 8.82. The van der Waals surface area contributed by atoms with Gasteiger partial charge in [-0.05, 0) is 12.8 Å². The molecule has 0 aliphatic heterocycles. The highest BCUT2D eigenvalue weighted by Crippen LogP contribution is 2.31. The number of amides is 1. The normalized spacial score (nSPS) is 16.9. The van der Waals surface area contributed by atoms with Crippen molar-refractivity contribution in [1.29, 1.82) is 0 Å². The van der Waals surface area contributed by atoms with Crippen molar-refractivity contribution in [2.75, 3.05) is 13.6 Å². The third-order valence-corrected chi connectivity index (χ3v) is 5.12. The summed E-state index contributed by atoms with van der Waals surface area (Å²) in [5.41, 5.74) is 0.185. The molecule has 1 aliphatic rings. The van der Waals surface area contributed by atoms with Crippen molar-refractivity contribution in [2.24, 2.45) is 7.05 Å². The molecule has 7 heteroatoms. The van der Waals surface area contributed by atoms with Gasteiger partial charge in [0.1, 0.15) is 9.88 Å². The lowest BCUT2D eigenvalue weighted by Gasteiger charge is -2.28. The van der Waals surface area contributed by atoms with Gasteiger partial charge in [0, 0.05) is 32.4 Å². The summed E-state index contributed by atoms with van der Waals surface area (Å²) < 4.78 is 1.71. The van der Waals surface area contributed by atoms with Crippen molar-refractivity contribution in [2.45, 2.75) is 31.3 Å². The summed E-state index contributed by atoms with van der Waals surface area (Å²) in [6, 6.07) is 0. The molecule has 2 aromatic rings. The molecule has 1 fully saturated rings. The standard InChI is InChI=1S/C15H20N4O2S/c1-18(10-15(21)5-3-4-6-15)14(20)12-8-16-13(22-12)11-7-17-19(2)9-11/h7-9,21H,3-6,10H2,1-2H3. The van der Waals surface area contributed by atoms with Crippen molar-refractivity contribution in [3.8, 4) is 10.6 Å². The third kappa shape index (κ3) is 3.05. The van der Waals surface area contributed by atoms with Crippen LogP contribution in [-0.2, 0) is 7.05 Å². The largest absolute Gasteiger partial charge is 0.388 e. The molecule has 0 saturated heterocycles. The minimum atomic E-state index is -0.721. The van der Waals surface area contributed by atoms with E-state index >= 15 is 0 Å². The highest BCUT2D eigenvalue weighted by Gasteiger charge is 2.33. The second kappa shape index (κ2) is 5.81. The summed E-state index contributed by atoms with van der Waals surface area (Å²) >= 11 is 1.36. The lowest BCUT2D eigenvalue weighted by atomic mass is 10.0. The van der Waals surface area contributed by atoms with E-state index in [9.17, 15) is 9.90 Å². The molecular formula is C15H20N4O2S. The van der Waals surface area contributed by atoms with Gasteiger partial charge in [-0.3, -0.25) is 9.48 Å². The van der Waals surface area contributed by atoms with E-state index in [1.807, 2.05) is 13.2 Å². The van der Waals surface area contributed by atoms with Gasteiger partial charge in [0.15, 0.2) is 0 Å². The van der Waals surface area contributed by atoms with E-state index in [0.29, 0.717) is 11.4 Å². The van der Waals surface area contributed by atoms with Gasteiger partial charge in [0.2, 0.25) is 0 Å². The highest BCUT2D eigenvalue weighted by atomic mass is 32.1. The molecule has 2 aromatic heterocycles. The van der Waals surface area contributed by atoms with E-state index in [-0.39, 0.29) is 5.91 Å². The summed E-state index contributed by atoms with van der Waals surface area (Å²) in [5.74, 6) is -0.0898. The van der Waals surface area contributed by atoms with Gasteiger partial charge in [0.25, 0.3) is 5.91 Å².